The van der Waals surface area contributed by atoms with Crippen molar-refractivity contribution in [2.45, 2.75) is 44.9 Å². The number of rotatable bonds is 6. The molecule has 0 spiro atoms. The summed E-state index contributed by atoms with van der Waals surface area (Å²) >= 11 is 1.64. The van der Waals surface area contributed by atoms with Crippen molar-refractivity contribution in [3.63, 3.8) is 0 Å². The largest absolute Gasteiger partial charge is 0.390 e. The highest BCUT2D eigenvalue weighted by molar-refractivity contribution is 7.09. The first-order valence-corrected chi connectivity index (χ1v) is 9.48. The van der Waals surface area contributed by atoms with E-state index in [-0.39, 0.29) is 11.9 Å². The first-order valence-electron chi connectivity index (χ1n) is 8.60. The molecule has 2 aromatic heterocycles. The molecule has 0 unspecified atom stereocenters. The molecule has 0 bridgehead atoms. The minimum Gasteiger partial charge on any atom is -0.390 e. The van der Waals surface area contributed by atoms with Gasteiger partial charge in [0.1, 0.15) is 0 Å². The van der Waals surface area contributed by atoms with Gasteiger partial charge >= 0.3 is 0 Å². The van der Waals surface area contributed by atoms with Gasteiger partial charge in [-0.1, -0.05) is 6.07 Å². The number of aryl methyl sites for hydroxylation is 2. The van der Waals surface area contributed by atoms with E-state index < -0.39 is 6.10 Å². The van der Waals surface area contributed by atoms with Gasteiger partial charge in [-0.2, -0.15) is 0 Å². The van der Waals surface area contributed by atoms with Crippen LogP contribution < -0.4 is 5.32 Å². The van der Waals surface area contributed by atoms with E-state index in [1.165, 1.54) is 0 Å². The van der Waals surface area contributed by atoms with Gasteiger partial charge in [0, 0.05) is 43.8 Å². The van der Waals surface area contributed by atoms with Gasteiger partial charge in [0.05, 0.1) is 22.8 Å². The number of carbonyl (C=O) groups excluding carboxylic acids is 1. The number of hydrogen-bond donors (Lipinski definition) is 2. The molecule has 0 aliphatic carbocycles. The number of nitrogens with zero attached hydrogens (tertiary/aromatic N) is 3. The number of β-amino-alcohol motifs (C(OH)–C–C–N with tert-alkyl or cyclic N) is 1. The monoisotopic (exact) mass is 360 g/mol. The standard InChI is InChI=1S/C18H24N4O2S/c1-13-20-15(12-25-13)10-22-8-6-16(17(23)11-22)21-18(24)5-4-14-3-2-7-19-9-14/h2-3,7,9,12,16-17,23H,4-6,8,10-11H2,1H3,(H,21,24)/t16-,17-/m1/s1. The molecule has 1 aliphatic rings. The number of aliphatic hydroxyl groups is 1. The van der Waals surface area contributed by atoms with Gasteiger partial charge in [-0.3, -0.25) is 14.7 Å². The summed E-state index contributed by atoms with van der Waals surface area (Å²) in [7, 11) is 0. The summed E-state index contributed by atoms with van der Waals surface area (Å²) in [6.07, 6.45) is 4.79. The first kappa shape index (κ1) is 18.0. The number of piperidine rings is 1. The Balaban J connectivity index is 1.42. The van der Waals surface area contributed by atoms with Crippen LogP contribution in [0.15, 0.2) is 29.9 Å². The fraction of sp³-hybridized carbons (Fsp3) is 0.500. The molecule has 2 N–H and O–H groups in total. The molecule has 1 fully saturated rings. The third-order valence-electron chi connectivity index (χ3n) is 4.43. The average Bonchev–Trinajstić information content (AvgIpc) is 3.01. The minimum absolute atomic E-state index is 0.0171. The number of carbonyl (C=O) groups is 1. The molecule has 134 valence electrons. The fourth-order valence-corrected chi connectivity index (χ4v) is 3.71. The number of pyridine rings is 1. The van der Waals surface area contributed by atoms with Gasteiger partial charge in [0.25, 0.3) is 0 Å². The lowest BCUT2D eigenvalue weighted by Crippen LogP contribution is -2.53. The van der Waals surface area contributed by atoms with Crippen LogP contribution in [0.25, 0.3) is 0 Å². The zero-order chi connectivity index (χ0) is 17.6. The van der Waals surface area contributed by atoms with E-state index in [4.69, 9.17) is 0 Å². The number of likely N-dealkylation sites (tertiary alicyclic amines) is 1. The zero-order valence-electron chi connectivity index (χ0n) is 14.4. The van der Waals surface area contributed by atoms with Gasteiger partial charge in [0.15, 0.2) is 0 Å². The van der Waals surface area contributed by atoms with Crippen LogP contribution in [0.3, 0.4) is 0 Å². The maximum Gasteiger partial charge on any atom is 0.220 e. The molecule has 3 heterocycles. The summed E-state index contributed by atoms with van der Waals surface area (Å²) < 4.78 is 0. The van der Waals surface area contributed by atoms with E-state index >= 15 is 0 Å². The number of aromatic nitrogens is 2. The van der Waals surface area contributed by atoms with Crippen LogP contribution in [0.1, 0.15) is 29.1 Å². The molecular weight excluding hydrogens is 336 g/mol. The molecule has 0 aromatic carbocycles. The van der Waals surface area contributed by atoms with Crippen LogP contribution in [-0.2, 0) is 17.8 Å². The summed E-state index contributed by atoms with van der Waals surface area (Å²) in [5, 5.41) is 16.5. The predicted molar refractivity (Wildman–Crippen MR) is 97.2 cm³/mol. The second-order valence-electron chi connectivity index (χ2n) is 6.48. The Labute approximate surface area is 151 Å². The fourth-order valence-electron chi connectivity index (χ4n) is 3.10. The lowest BCUT2D eigenvalue weighted by Gasteiger charge is -2.36. The number of aliphatic hydroxyl groups excluding tert-OH is 1. The molecule has 0 radical (unpaired) electrons. The van der Waals surface area contributed by atoms with Crippen molar-refractivity contribution >= 4 is 17.2 Å². The summed E-state index contributed by atoms with van der Waals surface area (Å²) in [4.78, 5) is 22.9. The molecule has 1 saturated heterocycles. The van der Waals surface area contributed by atoms with E-state index in [0.717, 1.165) is 35.8 Å². The van der Waals surface area contributed by atoms with Crippen molar-refractivity contribution in [1.82, 2.24) is 20.2 Å². The highest BCUT2D eigenvalue weighted by atomic mass is 32.1. The summed E-state index contributed by atoms with van der Waals surface area (Å²) in [6, 6.07) is 3.67. The van der Waals surface area contributed by atoms with E-state index in [0.29, 0.717) is 19.4 Å². The van der Waals surface area contributed by atoms with Gasteiger partial charge in [-0.25, -0.2) is 4.98 Å². The highest BCUT2D eigenvalue weighted by Crippen LogP contribution is 2.16. The van der Waals surface area contributed by atoms with Crippen LogP contribution in [0.5, 0.6) is 0 Å². The smallest absolute Gasteiger partial charge is 0.220 e. The average molecular weight is 360 g/mol. The Morgan fingerprint density at radius 3 is 3.08 bits per heavy atom. The summed E-state index contributed by atoms with van der Waals surface area (Å²) in [5.74, 6) is -0.0171. The van der Waals surface area contributed by atoms with Crippen LogP contribution in [0.2, 0.25) is 0 Å². The van der Waals surface area contributed by atoms with E-state index in [1.807, 2.05) is 19.1 Å². The van der Waals surface area contributed by atoms with Crippen molar-refractivity contribution in [1.29, 1.82) is 0 Å². The number of hydrogen-bond acceptors (Lipinski definition) is 6. The van der Waals surface area contributed by atoms with E-state index in [9.17, 15) is 9.90 Å². The first-order chi connectivity index (χ1) is 12.1. The zero-order valence-corrected chi connectivity index (χ0v) is 15.2. The van der Waals surface area contributed by atoms with E-state index in [1.54, 1.807) is 23.7 Å². The van der Waals surface area contributed by atoms with Crippen molar-refractivity contribution in [3.05, 3.63) is 46.2 Å². The molecule has 1 aliphatic heterocycles. The number of thiazole rings is 1. The number of amides is 1. The summed E-state index contributed by atoms with van der Waals surface area (Å²) in [5.41, 5.74) is 2.10. The van der Waals surface area contributed by atoms with Crippen molar-refractivity contribution in [2.24, 2.45) is 0 Å². The lowest BCUT2D eigenvalue weighted by molar-refractivity contribution is -0.123. The van der Waals surface area contributed by atoms with Crippen LogP contribution in [0, 0.1) is 6.92 Å². The maximum atomic E-state index is 12.1. The Bertz CT molecular complexity index is 691. The molecule has 0 saturated carbocycles. The van der Waals surface area contributed by atoms with Crippen LogP contribution >= 0.6 is 11.3 Å². The van der Waals surface area contributed by atoms with E-state index in [2.05, 4.69) is 25.6 Å². The molecule has 2 aromatic rings. The Hall–Kier alpha value is -1.83. The van der Waals surface area contributed by atoms with Crippen LogP contribution in [0.4, 0.5) is 0 Å². The molecule has 1 amide bonds. The second-order valence-corrected chi connectivity index (χ2v) is 7.55. The van der Waals surface area contributed by atoms with Gasteiger partial charge in [0.2, 0.25) is 5.91 Å². The van der Waals surface area contributed by atoms with Crippen molar-refractivity contribution < 1.29 is 9.90 Å². The Kier molecular flexibility index (Phi) is 6.12. The Morgan fingerprint density at radius 2 is 2.40 bits per heavy atom. The molecular formula is C18H24N4O2S. The minimum atomic E-state index is -0.546. The normalized spacial score (nSPS) is 21.2. The predicted octanol–water partition coefficient (Wildman–Crippen LogP) is 1.53. The lowest BCUT2D eigenvalue weighted by atomic mass is 10.0. The van der Waals surface area contributed by atoms with Crippen molar-refractivity contribution in [3.8, 4) is 0 Å². The van der Waals surface area contributed by atoms with Crippen molar-refractivity contribution in [2.75, 3.05) is 13.1 Å². The topological polar surface area (TPSA) is 78.4 Å². The molecule has 25 heavy (non-hydrogen) atoms. The SMILES string of the molecule is Cc1nc(CN2CC[C@@H](NC(=O)CCc3cccnc3)[C@H](O)C2)cs1. The summed E-state index contributed by atoms with van der Waals surface area (Å²) in [6.45, 7) is 4.16. The quantitative estimate of drug-likeness (QED) is 0.817. The second kappa shape index (κ2) is 8.51. The number of nitrogens with one attached hydrogen (secondary N) is 1. The van der Waals surface area contributed by atoms with Gasteiger partial charge < -0.3 is 10.4 Å². The molecule has 7 heteroatoms. The third kappa shape index (κ3) is 5.32. The van der Waals surface area contributed by atoms with Gasteiger partial charge in [-0.15, -0.1) is 11.3 Å². The van der Waals surface area contributed by atoms with Gasteiger partial charge in [-0.05, 0) is 31.4 Å². The Morgan fingerprint density at radius 1 is 1.52 bits per heavy atom. The highest BCUT2D eigenvalue weighted by Gasteiger charge is 2.28. The third-order valence-corrected chi connectivity index (χ3v) is 5.25. The molecule has 6 nitrogen and oxygen atoms in total. The maximum absolute atomic E-state index is 12.1. The van der Waals surface area contributed by atoms with Crippen LogP contribution in [-0.4, -0.2) is 51.1 Å². The molecule has 3 rings (SSSR count). The molecule has 2 atom stereocenters.